The minimum atomic E-state index is -1.13. The average molecular weight is 494 g/mol. The first-order valence-corrected chi connectivity index (χ1v) is 11.4. The SMILES string of the molecule is COc1ccc([C@H](C(=O)NCCC(C)C)N(CCO)C(=O)c2snc(C(N)=O)c2N)cc1OC. The first kappa shape index (κ1) is 26.9. The molecule has 0 aliphatic rings. The third-order valence-corrected chi connectivity index (χ3v) is 5.91. The van der Waals surface area contributed by atoms with Crippen LogP contribution in [0.15, 0.2) is 18.2 Å². The number of nitrogens with two attached hydrogens (primary N) is 2. The Morgan fingerprint density at radius 2 is 1.88 bits per heavy atom. The highest BCUT2D eigenvalue weighted by molar-refractivity contribution is 7.09. The summed E-state index contributed by atoms with van der Waals surface area (Å²) >= 11 is 0.702. The van der Waals surface area contributed by atoms with E-state index in [-0.39, 0.29) is 22.8 Å². The zero-order valence-electron chi connectivity index (χ0n) is 19.7. The molecule has 34 heavy (non-hydrogen) atoms. The number of carbonyl (C=O) groups excluding carboxylic acids is 3. The number of rotatable bonds is 12. The quantitative estimate of drug-likeness (QED) is 0.341. The number of nitrogens with one attached hydrogen (secondary N) is 1. The van der Waals surface area contributed by atoms with Crippen LogP contribution in [0.25, 0.3) is 0 Å². The van der Waals surface area contributed by atoms with Crippen molar-refractivity contribution in [2.24, 2.45) is 11.7 Å². The van der Waals surface area contributed by atoms with Gasteiger partial charge in [-0.1, -0.05) is 19.9 Å². The summed E-state index contributed by atoms with van der Waals surface area (Å²) in [7, 11) is 2.94. The highest BCUT2D eigenvalue weighted by Gasteiger charge is 2.35. The third kappa shape index (κ3) is 6.14. The standard InChI is InChI=1S/C22H31N5O6S/c1-12(2)7-8-25-21(30)18(13-5-6-14(32-3)15(11-13)33-4)27(9-10-28)22(31)19-16(23)17(20(24)29)26-34-19/h5-6,11-12,18,28H,7-10,23H2,1-4H3,(H2,24,29)(H,25,30)/t18-/m1/s1. The van der Waals surface area contributed by atoms with Crippen molar-refractivity contribution < 1.29 is 29.0 Å². The minimum absolute atomic E-state index is 0.0530. The molecular formula is C22H31N5O6S. The normalized spacial score (nSPS) is 11.7. The number of aliphatic hydroxyl groups is 1. The van der Waals surface area contributed by atoms with Crippen LogP contribution in [0.4, 0.5) is 5.69 Å². The highest BCUT2D eigenvalue weighted by Crippen LogP contribution is 2.34. The lowest BCUT2D eigenvalue weighted by Crippen LogP contribution is -2.45. The average Bonchev–Trinajstić information content (AvgIpc) is 3.19. The Kier molecular flexibility index (Phi) is 9.63. The van der Waals surface area contributed by atoms with E-state index in [4.69, 9.17) is 20.9 Å². The molecular weight excluding hydrogens is 462 g/mol. The van der Waals surface area contributed by atoms with Gasteiger partial charge in [-0.3, -0.25) is 14.4 Å². The highest BCUT2D eigenvalue weighted by atomic mass is 32.1. The molecule has 12 heteroatoms. The number of benzene rings is 1. The molecule has 2 rings (SSSR count). The van der Waals surface area contributed by atoms with Gasteiger partial charge in [0.1, 0.15) is 10.9 Å². The second-order valence-electron chi connectivity index (χ2n) is 7.85. The summed E-state index contributed by atoms with van der Waals surface area (Å²) in [5.41, 5.74) is 11.3. The van der Waals surface area contributed by atoms with Gasteiger partial charge in [-0.05, 0) is 41.6 Å². The van der Waals surface area contributed by atoms with Gasteiger partial charge in [0.05, 0.1) is 26.5 Å². The predicted molar refractivity (Wildman–Crippen MR) is 128 cm³/mol. The number of hydrogen-bond donors (Lipinski definition) is 4. The molecule has 1 atom stereocenters. The number of aliphatic hydroxyl groups excluding tert-OH is 1. The molecule has 0 saturated heterocycles. The summed E-state index contributed by atoms with van der Waals surface area (Å²) in [5.74, 6) is -0.820. The molecule has 0 bridgehead atoms. The van der Waals surface area contributed by atoms with Gasteiger partial charge in [0.15, 0.2) is 17.2 Å². The number of carbonyl (C=O) groups is 3. The van der Waals surface area contributed by atoms with Crippen molar-refractivity contribution in [3.05, 3.63) is 34.3 Å². The van der Waals surface area contributed by atoms with E-state index in [9.17, 15) is 19.5 Å². The monoisotopic (exact) mass is 493 g/mol. The minimum Gasteiger partial charge on any atom is -0.493 e. The van der Waals surface area contributed by atoms with Crippen molar-refractivity contribution in [3.63, 3.8) is 0 Å². The van der Waals surface area contributed by atoms with Crippen LogP contribution in [-0.4, -0.2) is 66.0 Å². The molecule has 186 valence electrons. The smallest absolute Gasteiger partial charge is 0.270 e. The van der Waals surface area contributed by atoms with Gasteiger partial charge in [-0.15, -0.1) is 0 Å². The molecule has 1 heterocycles. The van der Waals surface area contributed by atoms with Gasteiger partial charge in [0, 0.05) is 13.1 Å². The Morgan fingerprint density at radius 3 is 2.41 bits per heavy atom. The number of amides is 3. The zero-order chi connectivity index (χ0) is 25.4. The van der Waals surface area contributed by atoms with E-state index < -0.39 is 30.4 Å². The molecule has 0 aliphatic carbocycles. The van der Waals surface area contributed by atoms with Crippen LogP contribution in [0.3, 0.4) is 0 Å². The van der Waals surface area contributed by atoms with Crippen molar-refractivity contribution in [3.8, 4) is 11.5 Å². The van der Waals surface area contributed by atoms with Crippen LogP contribution < -0.4 is 26.3 Å². The Balaban J connectivity index is 2.55. The fraction of sp³-hybridized carbons (Fsp3) is 0.455. The van der Waals surface area contributed by atoms with Crippen molar-refractivity contribution in [1.82, 2.24) is 14.6 Å². The fourth-order valence-electron chi connectivity index (χ4n) is 3.29. The Hall–Kier alpha value is -3.38. The molecule has 0 saturated carbocycles. The van der Waals surface area contributed by atoms with Gasteiger partial charge in [0.25, 0.3) is 11.8 Å². The van der Waals surface area contributed by atoms with Gasteiger partial charge >= 0.3 is 0 Å². The maximum atomic E-state index is 13.5. The Morgan fingerprint density at radius 1 is 1.21 bits per heavy atom. The second kappa shape index (κ2) is 12.2. The molecule has 0 radical (unpaired) electrons. The topological polar surface area (TPSA) is 170 Å². The fourth-order valence-corrected chi connectivity index (χ4v) is 4.05. The molecule has 0 fully saturated rings. The van der Waals surface area contributed by atoms with Crippen molar-refractivity contribution in [2.45, 2.75) is 26.3 Å². The third-order valence-electron chi connectivity index (χ3n) is 5.06. The van der Waals surface area contributed by atoms with Crippen LogP contribution in [0, 0.1) is 5.92 Å². The molecule has 0 spiro atoms. The van der Waals surface area contributed by atoms with Crippen molar-refractivity contribution in [2.75, 3.05) is 39.6 Å². The van der Waals surface area contributed by atoms with E-state index in [1.807, 2.05) is 13.8 Å². The zero-order valence-corrected chi connectivity index (χ0v) is 20.5. The summed E-state index contributed by atoms with van der Waals surface area (Å²) in [6.45, 7) is 3.86. The predicted octanol–water partition coefficient (Wildman–Crippen LogP) is 1.18. The summed E-state index contributed by atoms with van der Waals surface area (Å²) in [6, 6.07) is 3.71. The molecule has 6 N–H and O–H groups in total. The lowest BCUT2D eigenvalue weighted by molar-refractivity contribution is -0.126. The van der Waals surface area contributed by atoms with Crippen LogP contribution in [-0.2, 0) is 4.79 Å². The molecule has 11 nitrogen and oxygen atoms in total. The largest absolute Gasteiger partial charge is 0.493 e. The van der Waals surface area contributed by atoms with E-state index in [1.54, 1.807) is 18.2 Å². The summed E-state index contributed by atoms with van der Waals surface area (Å²) in [5, 5.41) is 12.6. The Bertz CT molecular complexity index is 1030. The summed E-state index contributed by atoms with van der Waals surface area (Å²) < 4.78 is 14.5. The lowest BCUT2D eigenvalue weighted by Gasteiger charge is -2.31. The lowest BCUT2D eigenvalue weighted by atomic mass is 10.0. The maximum Gasteiger partial charge on any atom is 0.270 e. The first-order chi connectivity index (χ1) is 16.2. The number of methoxy groups -OCH3 is 2. The number of nitrogens with zero attached hydrogens (tertiary/aromatic N) is 2. The molecule has 3 amide bonds. The van der Waals surface area contributed by atoms with Crippen molar-refractivity contribution in [1.29, 1.82) is 0 Å². The maximum absolute atomic E-state index is 13.5. The Labute approximate surface area is 202 Å². The number of aromatic nitrogens is 1. The summed E-state index contributed by atoms with van der Waals surface area (Å²) in [4.78, 5) is 39.5. The second-order valence-corrected chi connectivity index (χ2v) is 8.62. The van der Waals surface area contributed by atoms with Crippen LogP contribution in [0.1, 0.15) is 52.0 Å². The number of hydrogen-bond acceptors (Lipinski definition) is 9. The molecule has 1 aromatic carbocycles. The van der Waals surface area contributed by atoms with Gasteiger partial charge in [-0.25, -0.2) is 0 Å². The van der Waals surface area contributed by atoms with Gasteiger partial charge < -0.3 is 36.3 Å². The number of anilines is 1. The molecule has 2 aromatic rings. The van der Waals surface area contributed by atoms with E-state index in [2.05, 4.69) is 9.69 Å². The number of nitrogen functional groups attached to an aromatic ring is 1. The molecule has 0 unspecified atom stereocenters. The van der Waals surface area contributed by atoms with Crippen molar-refractivity contribution >= 4 is 34.9 Å². The van der Waals surface area contributed by atoms with E-state index in [1.165, 1.54) is 19.1 Å². The molecule has 1 aromatic heterocycles. The van der Waals surface area contributed by atoms with E-state index >= 15 is 0 Å². The van der Waals surface area contributed by atoms with Gasteiger partial charge in [0.2, 0.25) is 5.91 Å². The van der Waals surface area contributed by atoms with Crippen LogP contribution >= 0.6 is 11.5 Å². The van der Waals surface area contributed by atoms with E-state index in [0.717, 1.165) is 6.42 Å². The summed E-state index contributed by atoms with van der Waals surface area (Å²) in [6.07, 6.45) is 0.738. The van der Waals surface area contributed by atoms with E-state index in [0.29, 0.717) is 41.1 Å². The number of primary amides is 1. The molecule has 0 aliphatic heterocycles. The van der Waals surface area contributed by atoms with Gasteiger partial charge in [-0.2, -0.15) is 4.37 Å². The van der Waals surface area contributed by atoms with Crippen LogP contribution in [0.5, 0.6) is 11.5 Å². The first-order valence-electron chi connectivity index (χ1n) is 10.6. The van der Waals surface area contributed by atoms with Crippen LogP contribution in [0.2, 0.25) is 0 Å². The number of ether oxygens (including phenoxy) is 2.